The van der Waals surface area contributed by atoms with Gasteiger partial charge in [0, 0.05) is 6.04 Å². The average Bonchev–Trinajstić information content (AvgIpc) is 2.67. The third kappa shape index (κ3) is 9.75. The van der Waals surface area contributed by atoms with E-state index in [1.807, 2.05) is 26.0 Å². The summed E-state index contributed by atoms with van der Waals surface area (Å²) in [6.07, 6.45) is -0.893. The molecule has 10 heteroatoms. The summed E-state index contributed by atoms with van der Waals surface area (Å²) in [6, 6.07) is 3.98. The zero-order valence-electron chi connectivity index (χ0n) is 17.8. The fourth-order valence-electron chi connectivity index (χ4n) is 2.62. The van der Waals surface area contributed by atoms with Crippen molar-refractivity contribution in [2.45, 2.75) is 64.6 Å². The Labute approximate surface area is 180 Å². The maximum atomic E-state index is 12.6. The summed E-state index contributed by atoms with van der Waals surface area (Å²) in [4.78, 5) is 59.5. The van der Waals surface area contributed by atoms with Crippen LogP contribution >= 0.6 is 0 Å². The first-order valence-corrected chi connectivity index (χ1v) is 9.91. The molecule has 0 heterocycles. The number of rotatable bonds is 12. The van der Waals surface area contributed by atoms with Crippen LogP contribution in [0.25, 0.3) is 0 Å². The van der Waals surface area contributed by atoms with Crippen molar-refractivity contribution in [1.82, 2.24) is 16.0 Å². The van der Waals surface area contributed by atoms with Crippen LogP contribution in [0.15, 0.2) is 24.3 Å². The predicted octanol–water partition coefficient (Wildman–Crippen LogP) is 0.371. The topological polar surface area (TPSA) is 162 Å². The highest BCUT2D eigenvalue weighted by Gasteiger charge is 2.30. The van der Waals surface area contributed by atoms with E-state index < -0.39 is 54.6 Å². The van der Waals surface area contributed by atoms with Gasteiger partial charge in [-0.1, -0.05) is 36.8 Å². The SMILES string of the molecule is CC[C@@H](C)NC(=O)[C@H](CC(=O)O)NC(=O)[C@H](CC(=O)O)NC(=O)Cc1ccc(C)cc1. The molecule has 0 spiro atoms. The molecule has 0 aromatic heterocycles. The number of hydrogen-bond acceptors (Lipinski definition) is 5. The van der Waals surface area contributed by atoms with Crippen LogP contribution in [0.2, 0.25) is 0 Å². The Morgan fingerprint density at radius 2 is 1.32 bits per heavy atom. The molecule has 3 atom stereocenters. The molecule has 3 amide bonds. The Kier molecular flexibility index (Phi) is 10.2. The summed E-state index contributed by atoms with van der Waals surface area (Å²) in [5, 5.41) is 25.3. The van der Waals surface area contributed by atoms with E-state index in [9.17, 15) is 24.0 Å². The molecule has 0 aliphatic rings. The second kappa shape index (κ2) is 12.3. The highest BCUT2D eigenvalue weighted by atomic mass is 16.4. The number of carbonyl (C=O) groups is 5. The van der Waals surface area contributed by atoms with Gasteiger partial charge in [0.15, 0.2) is 0 Å². The largest absolute Gasteiger partial charge is 0.481 e. The van der Waals surface area contributed by atoms with Gasteiger partial charge in [-0.05, 0) is 25.8 Å². The normalized spacial score (nSPS) is 13.4. The van der Waals surface area contributed by atoms with E-state index in [0.717, 1.165) is 5.56 Å². The maximum absolute atomic E-state index is 12.6. The lowest BCUT2D eigenvalue weighted by atomic mass is 10.1. The van der Waals surface area contributed by atoms with Gasteiger partial charge in [0.1, 0.15) is 12.1 Å². The van der Waals surface area contributed by atoms with Gasteiger partial charge in [-0.3, -0.25) is 24.0 Å². The predicted molar refractivity (Wildman–Crippen MR) is 111 cm³/mol. The molecule has 0 unspecified atom stereocenters. The Bertz CT molecular complexity index is 808. The van der Waals surface area contributed by atoms with Gasteiger partial charge in [0.05, 0.1) is 19.3 Å². The lowest BCUT2D eigenvalue weighted by Gasteiger charge is -2.23. The Hall–Kier alpha value is -3.43. The lowest BCUT2D eigenvalue weighted by Crippen LogP contribution is -2.55. The van der Waals surface area contributed by atoms with Crippen molar-refractivity contribution in [2.24, 2.45) is 0 Å². The van der Waals surface area contributed by atoms with Gasteiger partial charge < -0.3 is 26.2 Å². The average molecular weight is 435 g/mol. The molecular formula is C21H29N3O7. The molecular weight excluding hydrogens is 406 g/mol. The van der Waals surface area contributed by atoms with Crippen molar-refractivity contribution in [1.29, 1.82) is 0 Å². The molecule has 5 N–H and O–H groups in total. The number of nitrogens with one attached hydrogen (secondary N) is 3. The monoisotopic (exact) mass is 435 g/mol. The van der Waals surface area contributed by atoms with Crippen LogP contribution < -0.4 is 16.0 Å². The van der Waals surface area contributed by atoms with Gasteiger partial charge in [-0.25, -0.2) is 0 Å². The highest BCUT2D eigenvalue weighted by molar-refractivity contribution is 5.95. The number of aliphatic carboxylic acids is 2. The molecule has 31 heavy (non-hydrogen) atoms. The number of carboxylic acids is 2. The molecule has 0 saturated carbocycles. The smallest absolute Gasteiger partial charge is 0.305 e. The number of carboxylic acid groups (broad SMARTS) is 2. The highest BCUT2D eigenvalue weighted by Crippen LogP contribution is 2.05. The van der Waals surface area contributed by atoms with Crippen LogP contribution in [0.4, 0.5) is 0 Å². The molecule has 1 aromatic carbocycles. The summed E-state index contributed by atoms with van der Waals surface area (Å²) >= 11 is 0. The minimum absolute atomic E-state index is 0.0727. The van der Waals surface area contributed by atoms with Crippen molar-refractivity contribution < 1.29 is 34.2 Å². The third-order valence-corrected chi connectivity index (χ3v) is 4.53. The van der Waals surface area contributed by atoms with Crippen LogP contribution in [0.3, 0.4) is 0 Å². The molecule has 1 aromatic rings. The number of carbonyl (C=O) groups excluding carboxylic acids is 3. The van der Waals surface area contributed by atoms with E-state index >= 15 is 0 Å². The van der Waals surface area contributed by atoms with Gasteiger partial charge in [-0.15, -0.1) is 0 Å². The van der Waals surface area contributed by atoms with Gasteiger partial charge in [0.2, 0.25) is 17.7 Å². The minimum Gasteiger partial charge on any atom is -0.481 e. The first-order chi connectivity index (χ1) is 14.5. The molecule has 170 valence electrons. The summed E-state index contributed by atoms with van der Waals surface area (Å²) in [5.41, 5.74) is 1.68. The molecule has 0 aliphatic carbocycles. The zero-order valence-corrected chi connectivity index (χ0v) is 17.8. The first kappa shape index (κ1) is 25.6. The quantitative estimate of drug-likeness (QED) is 0.317. The van der Waals surface area contributed by atoms with Gasteiger partial charge in [-0.2, -0.15) is 0 Å². The van der Waals surface area contributed by atoms with Gasteiger partial charge >= 0.3 is 11.9 Å². The molecule has 0 radical (unpaired) electrons. The van der Waals surface area contributed by atoms with Crippen molar-refractivity contribution in [3.8, 4) is 0 Å². The summed E-state index contributed by atoms with van der Waals surface area (Å²) in [5.74, 6) is -4.89. The zero-order chi connectivity index (χ0) is 23.6. The minimum atomic E-state index is -1.47. The van der Waals surface area contributed by atoms with E-state index in [0.29, 0.717) is 12.0 Å². The molecule has 0 bridgehead atoms. The second-order valence-electron chi connectivity index (χ2n) is 7.36. The summed E-state index contributed by atoms with van der Waals surface area (Å²) in [7, 11) is 0. The standard InChI is InChI=1S/C21H29N3O7/c1-4-13(3)22-20(30)16(11-19(28)29)24-21(31)15(10-18(26)27)23-17(25)9-14-7-5-12(2)6-8-14/h5-8,13,15-16H,4,9-11H2,1-3H3,(H,22,30)(H,23,25)(H,24,31)(H,26,27)(H,28,29)/t13-,15+,16+/m1/s1. The number of amides is 3. The molecule has 0 saturated heterocycles. The Morgan fingerprint density at radius 3 is 1.81 bits per heavy atom. The van der Waals surface area contributed by atoms with Crippen LogP contribution in [0.5, 0.6) is 0 Å². The van der Waals surface area contributed by atoms with Crippen molar-refractivity contribution in [3.63, 3.8) is 0 Å². The van der Waals surface area contributed by atoms with Crippen LogP contribution in [0, 0.1) is 6.92 Å². The third-order valence-electron chi connectivity index (χ3n) is 4.53. The van der Waals surface area contributed by atoms with Crippen LogP contribution in [-0.4, -0.2) is 58.0 Å². The fourth-order valence-corrected chi connectivity index (χ4v) is 2.62. The first-order valence-electron chi connectivity index (χ1n) is 9.91. The lowest BCUT2D eigenvalue weighted by molar-refractivity contribution is -0.143. The number of aryl methyl sites for hydroxylation is 1. The van der Waals surface area contributed by atoms with E-state index in [-0.39, 0.29) is 12.5 Å². The fraction of sp³-hybridized carbons (Fsp3) is 0.476. The van der Waals surface area contributed by atoms with Crippen molar-refractivity contribution in [2.75, 3.05) is 0 Å². The van der Waals surface area contributed by atoms with Crippen LogP contribution in [0.1, 0.15) is 44.2 Å². The summed E-state index contributed by atoms with van der Waals surface area (Å²) < 4.78 is 0. The number of hydrogen-bond donors (Lipinski definition) is 5. The van der Waals surface area contributed by atoms with Crippen molar-refractivity contribution >= 4 is 29.7 Å². The van der Waals surface area contributed by atoms with E-state index in [2.05, 4.69) is 16.0 Å². The Morgan fingerprint density at radius 1 is 0.839 bits per heavy atom. The maximum Gasteiger partial charge on any atom is 0.305 e. The van der Waals surface area contributed by atoms with Crippen molar-refractivity contribution in [3.05, 3.63) is 35.4 Å². The second-order valence-corrected chi connectivity index (χ2v) is 7.36. The van der Waals surface area contributed by atoms with E-state index in [4.69, 9.17) is 10.2 Å². The molecule has 0 aliphatic heterocycles. The summed E-state index contributed by atoms with van der Waals surface area (Å²) in [6.45, 7) is 5.43. The molecule has 10 nitrogen and oxygen atoms in total. The molecule has 0 fully saturated rings. The molecule has 1 rings (SSSR count). The van der Waals surface area contributed by atoms with Gasteiger partial charge in [0.25, 0.3) is 0 Å². The Balaban J connectivity index is 2.88. The van der Waals surface area contributed by atoms with E-state index in [1.165, 1.54) is 0 Å². The van der Waals surface area contributed by atoms with E-state index in [1.54, 1.807) is 19.1 Å². The van der Waals surface area contributed by atoms with Crippen LogP contribution in [-0.2, 0) is 30.4 Å². The number of benzene rings is 1.